The SMILES string of the molecule is C=CCN1C(=O)[C@H](OC)[C@@H]1[C@@H](CC(=C)Br)OC(C)=O. The number of hydrogen-bond donors (Lipinski definition) is 0. The van der Waals surface area contributed by atoms with Gasteiger partial charge in [-0.25, -0.2) is 0 Å². The fourth-order valence-electron chi connectivity index (χ4n) is 2.19. The number of β-lactam (4-membered cyclic amide) rings is 1. The molecule has 106 valence electrons. The number of rotatable bonds is 7. The first-order chi connectivity index (χ1) is 8.92. The van der Waals surface area contributed by atoms with Crippen LogP contribution in [0.25, 0.3) is 0 Å². The summed E-state index contributed by atoms with van der Waals surface area (Å²) in [4.78, 5) is 24.6. The van der Waals surface area contributed by atoms with Crippen LogP contribution in [0, 0.1) is 0 Å². The quantitative estimate of drug-likeness (QED) is 0.404. The van der Waals surface area contributed by atoms with Gasteiger partial charge in [0.15, 0.2) is 6.10 Å². The van der Waals surface area contributed by atoms with Gasteiger partial charge in [-0.1, -0.05) is 28.6 Å². The van der Waals surface area contributed by atoms with E-state index < -0.39 is 18.2 Å². The van der Waals surface area contributed by atoms with E-state index in [2.05, 4.69) is 29.1 Å². The van der Waals surface area contributed by atoms with Gasteiger partial charge >= 0.3 is 5.97 Å². The first-order valence-corrected chi connectivity index (χ1v) is 6.66. The fraction of sp³-hybridized carbons (Fsp3) is 0.538. The minimum atomic E-state index is -0.587. The number of esters is 1. The summed E-state index contributed by atoms with van der Waals surface area (Å²) in [5.41, 5.74) is 0. The molecular formula is C13H18BrNO4. The maximum Gasteiger partial charge on any atom is 0.302 e. The van der Waals surface area contributed by atoms with Crippen molar-refractivity contribution in [1.82, 2.24) is 4.90 Å². The highest BCUT2D eigenvalue weighted by molar-refractivity contribution is 9.11. The lowest BCUT2D eigenvalue weighted by atomic mass is 9.90. The molecule has 0 N–H and O–H groups in total. The molecule has 0 unspecified atom stereocenters. The average Bonchev–Trinajstić information content (AvgIpc) is 2.30. The summed E-state index contributed by atoms with van der Waals surface area (Å²) in [6.45, 7) is 9.10. The van der Waals surface area contributed by atoms with Crippen molar-refractivity contribution in [3.8, 4) is 0 Å². The third-order valence-corrected chi connectivity index (χ3v) is 3.22. The average molecular weight is 332 g/mol. The van der Waals surface area contributed by atoms with Gasteiger partial charge in [-0.05, 0) is 4.48 Å². The third-order valence-electron chi connectivity index (χ3n) is 2.90. The van der Waals surface area contributed by atoms with Crippen molar-refractivity contribution in [2.75, 3.05) is 13.7 Å². The summed E-state index contributed by atoms with van der Waals surface area (Å²) < 4.78 is 11.2. The molecule has 1 rings (SSSR count). The van der Waals surface area contributed by atoms with Crippen molar-refractivity contribution in [1.29, 1.82) is 0 Å². The van der Waals surface area contributed by atoms with E-state index in [9.17, 15) is 9.59 Å². The van der Waals surface area contributed by atoms with Crippen LogP contribution < -0.4 is 0 Å². The summed E-state index contributed by atoms with van der Waals surface area (Å²) >= 11 is 3.25. The van der Waals surface area contributed by atoms with Gasteiger partial charge in [0, 0.05) is 27.0 Å². The second-order valence-corrected chi connectivity index (χ2v) is 5.42. The minimum absolute atomic E-state index is 0.121. The molecule has 0 radical (unpaired) electrons. The number of ether oxygens (including phenoxy) is 2. The van der Waals surface area contributed by atoms with Crippen molar-refractivity contribution in [3.63, 3.8) is 0 Å². The topological polar surface area (TPSA) is 55.8 Å². The van der Waals surface area contributed by atoms with Gasteiger partial charge in [-0.2, -0.15) is 0 Å². The van der Waals surface area contributed by atoms with Gasteiger partial charge in [0.2, 0.25) is 0 Å². The molecular weight excluding hydrogens is 314 g/mol. The van der Waals surface area contributed by atoms with Crippen LogP contribution in [-0.2, 0) is 19.1 Å². The highest BCUT2D eigenvalue weighted by Crippen LogP contribution is 2.30. The molecule has 1 saturated heterocycles. The summed E-state index contributed by atoms with van der Waals surface area (Å²) in [6, 6.07) is -0.311. The van der Waals surface area contributed by atoms with Gasteiger partial charge < -0.3 is 14.4 Å². The number of carbonyl (C=O) groups is 2. The number of nitrogens with zero attached hydrogens (tertiary/aromatic N) is 1. The maximum atomic E-state index is 11.8. The van der Waals surface area contributed by atoms with Gasteiger partial charge in [0.1, 0.15) is 12.1 Å². The second kappa shape index (κ2) is 6.86. The zero-order chi connectivity index (χ0) is 14.6. The molecule has 0 spiro atoms. The molecule has 1 heterocycles. The van der Waals surface area contributed by atoms with Crippen molar-refractivity contribution in [2.24, 2.45) is 0 Å². The summed E-state index contributed by atoms with van der Waals surface area (Å²) in [5.74, 6) is -0.517. The Morgan fingerprint density at radius 1 is 1.63 bits per heavy atom. The van der Waals surface area contributed by atoms with E-state index in [-0.39, 0.29) is 11.9 Å². The van der Waals surface area contributed by atoms with E-state index in [0.29, 0.717) is 17.4 Å². The van der Waals surface area contributed by atoms with Crippen LogP contribution in [0.3, 0.4) is 0 Å². The first-order valence-electron chi connectivity index (χ1n) is 5.87. The Morgan fingerprint density at radius 2 is 2.26 bits per heavy atom. The monoisotopic (exact) mass is 331 g/mol. The lowest BCUT2D eigenvalue weighted by Crippen LogP contribution is -2.69. The van der Waals surface area contributed by atoms with E-state index in [1.54, 1.807) is 11.0 Å². The number of halogens is 1. The molecule has 0 aromatic rings. The molecule has 1 aliphatic heterocycles. The Hall–Kier alpha value is -1.14. The van der Waals surface area contributed by atoms with E-state index in [0.717, 1.165) is 0 Å². The standard InChI is InChI=1S/C13H18BrNO4/c1-5-6-15-11(12(18-4)13(15)17)10(7-8(2)14)19-9(3)16/h5,10-12H,1-2,6-7H2,3-4H3/t10-,11+,12-/m1/s1. The zero-order valence-corrected chi connectivity index (χ0v) is 12.7. The van der Waals surface area contributed by atoms with Crippen molar-refractivity contribution < 1.29 is 19.1 Å². The molecule has 0 aromatic carbocycles. The predicted molar refractivity (Wildman–Crippen MR) is 74.7 cm³/mol. The number of amides is 1. The number of hydrogen-bond acceptors (Lipinski definition) is 4. The van der Waals surface area contributed by atoms with E-state index >= 15 is 0 Å². The molecule has 19 heavy (non-hydrogen) atoms. The Morgan fingerprint density at radius 3 is 2.68 bits per heavy atom. The third kappa shape index (κ3) is 3.67. The molecule has 5 nitrogen and oxygen atoms in total. The largest absolute Gasteiger partial charge is 0.460 e. The van der Waals surface area contributed by atoms with Crippen LogP contribution >= 0.6 is 15.9 Å². The number of methoxy groups -OCH3 is 1. The lowest BCUT2D eigenvalue weighted by molar-refractivity contribution is -0.186. The Bertz CT molecular complexity index is 380. The van der Waals surface area contributed by atoms with Crippen LogP contribution in [0.15, 0.2) is 23.7 Å². The molecule has 1 amide bonds. The Kier molecular flexibility index (Phi) is 5.75. The molecule has 1 fully saturated rings. The molecule has 0 saturated carbocycles. The highest BCUT2D eigenvalue weighted by atomic mass is 79.9. The number of likely N-dealkylation sites (tertiary alicyclic amines) is 1. The van der Waals surface area contributed by atoms with Crippen LogP contribution in [0.5, 0.6) is 0 Å². The van der Waals surface area contributed by atoms with E-state index in [1.807, 2.05) is 0 Å². The Labute approximate surface area is 121 Å². The van der Waals surface area contributed by atoms with Gasteiger partial charge in [-0.3, -0.25) is 9.59 Å². The Balaban J connectivity index is 2.89. The minimum Gasteiger partial charge on any atom is -0.460 e. The molecule has 1 aliphatic rings. The molecule has 3 atom stereocenters. The predicted octanol–water partition coefficient (Wildman–Crippen LogP) is 1.63. The summed E-state index contributed by atoms with van der Waals surface area (Å²) in [6.07, 6.45) is 0.985. The van der Waals surface area contributed by atoms with E-state index in [4.69, 9.17) is 9.47 Å². The summed E-state index contributed by atoms with van der Waals surface area (Å²) in [7, 11) is 1.47. The molecule has 0 aromatic heterocycles. The molecule has 0 aliphatic carbocycles. The molecule has 6 heteroatoms. The van der Waals surface area contributed by atoms with Gasteiger partial charge in [0.25, 0.3) is 5.91 Å². The van der Waals surface area contributed by atoms with Crippen LogP contribution in [0.2, 0.25) is 0 Å². The van der Waals surface area contributed by atoms with Crippen molar-refractivity contribution in [3.05, 3.63) is 23.7 Å². The highest BCUT2D eigenvalue weighted by Gasteiger charge is 2.52. The lowest BCUT2D eigenvalue weighted by Gasteiger charge is -2.48. The van der Waals surface area contributed by atoms with Crippen LogP contribution in [0.4, 0.5) is 0 Å². The molecule has 0 bridgehead atoms. The fourth-order valence-corrected chi connectivity index (χ4v) is 2.51. The van der Waals surface area contributed by atoms with Crippen molar-refractivity contribution in [2.45, 2.75) is 31.6 Å². The van der Waals surface area contributed by atoms with E-state index in [1.165, 1.54) is 14.0 Å². The van der Waals surface area contributed by atoms with Gasteiger partial charge in [-0.15, -0.1) is 6.58 Å². The summed E-state index contributed by atoms with van der Waals surface area (Å²) in [5, 5.41) is 0. The first kappa shape index (κ1) is 15.9. The van der Waals surface area contributed by atoms with Gasteiger partial charge in [0.05, 0.1) is 0 Å². The van der Waals surface area contributed by atoms with Crippen molar-refractivity contribution >= 4 is 27.8 Å². The zero-order valence-electron chi connectivity index (χ0n) is 11.1. The second-order valence-electron chi connectivity index (χ2n) is 4.30. The maximum absolute atomic E-state index is 11.8. The normalized spacial score (nSPS) is 23.5. The van der Waals surface area contributed by atoms with Crippen LogP contribution in [0.1, 0.15) is 13.3 Å². The number of carbonyl (C=O) groups excluding carboxylic acids is 2. The smallest absolute Gasteiger partial charge is 0.302 e. The van der Waals surface area contributed by atoms with Crippen LogP contribution in [-0.4, -0.2) is 48.7 Å².